The first-order chi connectivity index (χ1) is 4.27. The van der Waals surface area contributed by atoms with Crippen LogP contribution in [-0.2, 0) is 0 Å². The summed E-state index contributed by atoms with van der Waals surface area (Å²) in [5, 5.41) is 0. The Morgan fingerprint density at radius 3 is 2.67 bits per heavy atom. The van der Waals surface area contributed by atoms with Gasteiger partial charge in [-0.15, -0.1) is 24.2 Å². The number of rotatable bonds is 1. The third-order valence-electron chi connectivity index (χ3n) is 0.743. The molecule has 0 aliphatic rings. The standard InChI is InChI=1S/C9H11/c1-4-5-6-7-8-9(2)3/h1,9H,2,5-6H2,3H3. The zero-order chi connectivity index (χ0) is 7.11. The van der Waals surface area contributed by atoms with Crippen molar-refractivity contribution in [3.05, 3.63) is 6.92 Å². The van der Waals surface area contributed by atoms with E-state index in [1.54, 1.807) is 0 Å². The normalized spacial score (nSPS) is 7.78. The monoisotopic (exact) mass is 119 g/mol. The fraction of sp³-hybridized carbons (Fsp3) is 0.444. The van der Waals surface area contributed by atoms with E-state index in [2.05, 4.69) is 24.7 Å². The predicted octanol–water partition coefficient (Wildman–Crippen LogP) is 1.87. The number of unbranched alkanes of at least 4 members (excludes halogenated alkanes) is 1. The maximum Gasteiger partial charge on any atom is 0.0198 e. The molecule has 0 bridgehead atoms. The Hall–Kier alpha value is -0.880. The molecule has 0 aliphatic carbocycles. The zero-order valence-corrected chi connectivity index (χ0v) is 5.78. The van der Waals surface area contributed by atoms with Crippen LogP contribution in [0.5, 0.6) is 0 Å². The van der Waals surface area contributed by atoms with Gasteiger partial charge in [-0.2, -0.15) is 0 Å². The van der Waals surface area contributed by atoms with Gasteiger partial charge in [-0.25, -0.2) is 0 Å². The minimum absolute atomic E-state index is 0.225. The summed E-state index contributed by atoms with van der Waals surface area (Å²) in [5.41, 5.74) is 0. The largest absolute Gasteiger partial charge is 0.120 e. The van der Waals surface area contributed by atoms with E-state index in [-0.39, 0.29) is 5.92 Å². The molecule has 0 aromatic heterocycles. The molecule has 0 aliphatic heterocycles. The molecule has 0 saturated carbocycles. The van der Waals surface area contributed by atoms with Crippen LogP contribution in [0.1, 0.15) is 19.8 Å². The highest BCUT2D eigenvalue weighted by Gasteiger charge is 1.79. The number of hydrogen-bond donors (Lipinski definition) is 0. The Morgan fingerprint density at radius 1 is 1.56 bits per heavy atom. The molecule has 1 radical (unpaired) electrons. The van der Waals surface area contributed by atoms with Crippen LogP contribution in [0.25, 0.3) is 0 Å². The van der Waals surface area contributed by atoms with Crippen LogP contribution in [0.2, 0.25) is 0 Å². The van der Waals surface area contributed by atoms with E-state index in [4.69, 9.17) is 6.42 Å². The van der Waals surface area contributed by atoms with Gasteiger partial charge in [0.15, 0.2) is 0 Å². The summed E-state index contributed by atoms with van der Waals surface area (Å²) in [6.07, 6.45) is 6.56. The minimum atomic E-state index is 0.225. The Kier molecular flexibility index (Phi) is 4.75. The Balaban J connectivity index is 3.29. The maximum atomic E-state index is 5.01. The van der Waals surface area contributed by atoms with Gasteiger partial charge in [0.2, 0.25) is 0 Å². The Morgan fingerprint density at radius 2 is 2.22 bits per heavy atom. The molecule has 0 N–H and O–H groups in total. The molecule has 0 spiro atoms. The van der Waals surface area contributed by atoms with E-state index in [1.807, 2.05) is 6.92 Å². The van der Waals surface area contributed by atoms with Crippen LogP contribution < -0.4 is 0 Å². The molecule has 0 amide bonds. The lowest BCUT2D eigenvalue weighted by atomic mass is 10.2. The average Bonchev–Trinajstić information content (AvgIpc) is 1.80. The van der Waals surface area contributed by atoms with E-state index in [0.29, 0.717) is 0 Å². The second-order valence-electron chi connectivity index (χ2n) is 1.93. The summed E-state index contributed by atoms with van der Waals surface area (Å²) in [6.45, 7) is 5.67. The highest BCUT2D eigenvalue weighted by atomic mass is 13.8. The summed E-state index contributed by atoms with van der Waals surface area (Å²) >= 11 is 0. The molecule has 0 nitrogen and oxygen atoms in total. The smallest absolute Gasteiger partial charge is 0.0198 e. The van der Waals surface area contributed by atoms with Gasteiger partial charge in [-0.05, 0) is 6.92 Å². The molecule has 47 valence electrons. The van der Waals surface area contributed by atoms with E-state index in [9.17, 15) is 0 Å². The van der Waals surface area contributed by atoms with Gasteiger partial charge >= 0.3 is 0 Å². The van der Waals surface area contributed by atoms with E-state index in [1.165, 1.54) is 0 Å². The van der Waals surface area contributed by atoms with Crippen molar-refractivity contribution in [3.63, 3.8) is 0 Å². The summed E-state index contributed by atoms with van der Waals surface area (Å²) in [7, 11) is 0. The highest BCUT2D eigenvalue weighted by molar-refractivity contribution is 5.05. The molecule has 1 atom stereocenters. The van der Waals surface area contributed by atoms with Crippen LogP contribution in [0.15, 0.2) is 0 Å². The maximum absolute atomic E-state index is 5.01. The van der Waals surface area contributed by atoms with Gasteiger partial charge in [0.1, 0.15) is 0 Å². The molecule has 0 aromatic carbocycles. The predicted molar refractivity (Wildman–Crippen MR) is 40.4 cm³/mol. The minimum Gasteiger partial charge on any atom is -0.120 e. The summed E-state index contributed by atoms with van der Waals surface area (Å²) < 4.78 is 0. The third kappa shape index (κ3) is 7.12. The lowest BCUT2D eigenvalue weighted by Gasteiger charge is -1.85. The van der Waals surface area contributed by atoms with Crippen LogP contribution in [0.3, 0.4) is 0 Å². The fourth-order valence-electron chi connectivity index (χ4n) is 0.381. The lowest BCUT2D eigenvalue weighted by molar-refractivity contribution is 0.970. The first-order valence-corrected chi connectivity index (χ1v) is 3.02. The van der Waals surface area contributed by atoms with Crippen molar-refractivity contribution in [2.24, 2.45) is 5.92 Å². The lowest BCUT2D eigenvalue weighted by Crippen LogP contribution is -1.77. The molecule has 0 rings (SSSR count). The third-order valence-corrected chi connectivity index (χ3v) is 0.743. The second-order valence-corrected chi connectivity index (χ2v) is 1.93. The molecule has 9 heavy (non-hydrogen) atoms. The topological polar surface area (TPSA) is 0 Å². The molecule has 0 heterocycles. The van der Waals surface area contributed by atoms with Crippen LogP contribution in [0.4, 0.5) is 0 Å². The zero-order valence-electron chi connectivity index (χ0n) is 5.78. The summed E-state index contributed by atoms with van der Waals surface area (Å²) in [6, 6.07) is 0. The van der Waals surface area contributed by atoms with Gasteiger partial charge in [0.25, 0.3) is 0 Å². The van der Waals surface area contributed by atoms with Crippen molar-refractivity contribution >= 4 is 0 Å². The summed E-state index contributed by atoms with van der Waals surface area (Å²) in [5.74, 6) is 8.60. The molecule has 0 heteroatoms. The van der Waals surface area contributed by atoms with Crippen molar-refractivity contribution in [1.29, 1.82) is 0 Å². The molecular formula is C9H11. The fourth-order valence-corrected chi connectivity index (χ4v) is 0.381. The molecule has 0 aromatic rings. The van der Waals surface area contributed by atoms with Gasteiger partial charge in [0, 0.05) is 18.8 Å². The second kappa shape index (κ2) is 5.26. The van der Waals surface area contributed by atoms with Crippen LogP contribution >= 0.6 is 0 Å². The molecule has 0 saturated heterocycles. The highest BCUT2D eigenvalue weighted by Crippen LogP contribution is 1.87. The number of hydrogen-bond acceptors (Lipinski definition) is 0. The van der Waals surface area contributed by atoms with Gasteiger partial charge in [-0.3, -0.25) is 0 Å². The molecule has 0 fully saturated rings. The van der Waals surface area contributed by atoms with Gasteiger partial charge in [-0.1, -0.05) is 6.92 Å². The first kappa shape index (κ1) is 8.12. The average molecular weight is 119 g/mol. The van der Waals surface area contributed by atoms with Crippen molar-refractivity contribution < 1.29 is 0 Å². The molecule has 1 unspecified atom stereocenters. The Bertz CT molecular complexity index is 147. The quantitative estimate of drug-likeness (QED) is 0.365. The molecular weight excluding hydrogens is 108 g/mol. The van der Waals surface area contributed by atoms with Crippen molar-refractivity contribution in [1.82, 2.24) is 0 Å². The van der Waals surface area contributed by atoms with Crippen molar-refractivity contribution in [3.8, 4) is 24.2 Å². The van der Waals surface area contributed by atoms with E-state index in [0.717, 1.165) is 12.8 Å². The van der Waals surface area contributed by atoms with Crippen LogP contribution in [0, 0.1) is 37.0 Å². The summed E-state index contributed by atoms with van der Waals surface area (Å²) in [4.78, 5) is 0. The van der Waals surface area contributed by atoms with Crippen molar-refractivity contribution in [2.75, 3.05) is 0 Å². The van der Waals surface area contributed by atoms with Crippen LogP contribution in [-0.4, -0.2) is 0 Å². The van der Waals surface area contributed by atoms with E-state index < -0.39 is 0 Å². The Labute approximate surface area is 57.7 Å². The van der Waals surface area contributed by atoms with E-state index >= 15 is 0 Å². The first-order valence-electron chi connectivity index (χ1n) is 3.02. The van der Waals surface area contributed by atoms with Gasteiger partial charge < -0.3 is 0 Å². The SMILES string of the molecule is C#CCCC#CC([CH2])C. The van der Waals surface area contributed by atoms with Crippen molar-refractivity contribution in [2.45, 2.75) is 19.8 Å². The van der Waals surface area contributed by atoms with Gasteiger partial charge in [0.05, 0.1) is 0 Å². The number of terminal acetylenes is 1.